The molecule has 0 saturated heterocycles. The van der Waals surface area contributed by atoms with E-state index in [1.807, 2.05) is 0 Å². The van der Waals surface area contributed by atoms with E-state index in [4.69, 9.17) is 5.73 Å². The molecule has 0 aliphatic rings. The van der Waals surface area contributed by atoms with Gasteiger partial charge in [-0.2, -0.15) is 0 Å². The Labute approximate surface area is 122 Å². The summed E-state index contributed by atoms with van der Waals surface area (Å²) in [5, 5.41) is 6.31. The number of nitrogens with two attached hydrogens (primary N) is 1. The van der Waals surface area contributed by atoms with E-state index in [-0.39, 0.29) is 16.5 Å². The first-order valence-corrected chi connectivity index (χ1v) is 7.34. The molecule has 4 N–H and O–H groups in total. The van der Waals surface area contributed by atoms with Crippen LogP contribution in [0.1, 0.15) is 46.2 Å². The summed E-state index contributed by atoms with van der Waals surface area (Å²) in [4.78, 5) is 23.8. The summed E-state index contributed by atoms with van der Waals surface area (Å²) in [6, 6.07) is 0. The predicted octanol–water partition coefficient (Wildman–Crippen LogP) is 2.08. The van der Waals surface area contributed by atoms with Crippen molar-refractivity contribution in [2.24, 2.45) is 0 Å². The Morgan fingerprint density at radius 3 is 2.60 bits per heavy atom. The molecule has 0 aliphatic heterocycles. The molecular formula is C13H21N3O3S. The minimum Gasteiger partial charge on any atom is -0.465 e. The van der Waals surface area contributed by atoms with Gasteiger partial charge in [0.15, 0.2) is 0 Å². The molecule has 7 heteroatoms. The number of rotatable bonds is 7. The highest BCUT2D eigenvalue weighted by molar-refractivity contribution is 7.19. The van der Waals surface area contributed by atoms with Gasteiger partial charge in [0, 0.05) is 13.6 Å². The van der Waals surface area contributed by atoms with Gasteiger partial charge >= 0.3 is 5.97 Å². The van der Waals surface area contributed by atoms with E-state index in [1.165, 1.54) is 14.2 Å². The number of carbonyl (C=O) groups is 2. The summed E-state index contributed by atoms with van der Waals surface area (Å²) < 4.78 is 4.67. The number of methoxy groups -OCH3 is 1. The number of hydrogen-bond donors (Lipinski definition) is 3. The van der Waals surface area contributed by atoms with Crippen LogP contribution >= 0.6 is 11.3 Å². The minimum absolute atomic E-state index is 0.166. The third kappa shape index (κ3) is 3.63. The Hall–Kier alpha value is -1.76. The van der Waals surface area contributed by atoms with Crippen LogP contribution in [0.15, 0.2) is 0 Å². The molecule has 20 heavy (non-hydrogen) atoms. The summed E-state index contributed by atoms with van der Waals surface area (Å²) in [6.07, 6.45) is 3.21. The molecule has 112 valence electrons. The van der Waals surface area contributed by atoms with Gasteiger partial charge < -0.3 is 21.1 Å². The lowest BCUT2D eigenvalue weighted by atomic mass is 10.2. The van der Waals surface area contributed by atoms with Gasteiger partial charge in [-0.25, -0.2) is 4.79 Å². The number of carbonyl (C=O) groups excluding carboxylic acids is 2. The largest absolute Gasteiger partial charge is 0.465 e. The Morgan fingerprint density at radius 2 is 2.05 bits per heavy atom. The van der Waals surface area contributed by atoms with Crippen LogP contribution in [-0.2, 0) is 4.74 Å². The zero-order valence-corrected chi connectivity index (χ0v) is 12.9. The highest BCUT2D eigenvalue weighted by atomic mass is 32.1. The van der Waals surface area contributed by atoms with E-state index in [9.17, 15) is 9.59 Å². The van der Waals surface area contributed by atoms with Gasteiger partial charge in [-0.05, 0) is 6.42 Å². The maximum absolute atomic E-state index is 11.9. The molecule has 1 aromatic heterocycles. The van der Waals surface area contributed by atoms with Crippen molar-refractivity contribution in [2.75, 3.05) is 31.8 Å². The van der Waals surface area contributed by atoms with Gasteiger partial charge in [0.2, 0.25) is 0 Å². The molecule has 0 aromatic carbocycles. The molecular weight excluding hydrogens is 278 g/mol. The molecule has 6 nitrogen and oxygen atoms in total. The normalized spacial score (nSPS) is 10.2. The summed E-state index contributed by atoms with van der Waals surface area (Å²) >= 11 is 1.15. The number of anilines is 2. The van der Waals surface area contributed by atoms with E-state index in [0.29, 0.717) is 10.6 Å². The number of unbranched alkanes of at least 4 members (excludes halogenated alkanes) is 2. The van der Waals surface area contributed by atoms with E-state index >= 15 is 0 Å². The zero-order chi connectivity index (χ0) is 15.1. The van der Waals surface area contributed by atoms with Crippen LogP contribution in [0, 0.1) is 0 Å². The first kappa shape index (κ1) is 16.3. The van der Waals surface area contributed by atoms with Gasteiger partial charge in [-0.1, -0.05) is 19.8 Å². The SMILES string of the molecule is CCCCCNc1sc(C(=O)OC)c(N)c1C(=O)NC. The fraction of sp³-hybridized carbons (Fsp3) is 0.538. The third-order valence-electron chi connectivity index (χ3n) is 2.84. The van der Waals surface area contributed by atoms with Gasteiger partial charge in [-0.15, -0.1) is 11.3 Å². The van der Waals surface area contributed by atoms with Crippen LogP contribution in [0.5, 0.6) is 0 Å². The Balaban J connectivity index is 3.01. The second-order valence-corrected chi connectivity index (χ2v) is 5.27. The lowest BCUT2D eigenvalue weighted by Crippen LogP contribution is -2.20. The first-order chi connectivity index (χ1) is 9.56. The number of ether oxygens (including phenoxy) is 1. The van der Waals surface area contributed by atoms with Crippen LogP contribution in [0.2, 0.25) is 0 Å². The molecule has 0 saturated carbocycles. The second-order valence-electron chi connectivity index (χ2n) is 4.25. The molecule has 1 aromatic rings. The monoisotopic (exact) mass is 299 g/mol. The first-order valence-electron chi connectivity index (χ1n) is 6.53. The maximum atomic E-state index is 11.9. The number of amides is 1. The van der Waals surface area contributed by atoms with Crippen molar-refractivity contribution in [3.63, 3.8) is 0 Å². The molecule has 0 radical (unpaired) electrons. The lowest BCUT2D eigenvalue weighted by Gasteiger charge is -2.06. The van der Waals surface area contributed by atoms with Crippen molar-refractivity contribution in [2.45, 2.75) is 26.2 Å². The molecule has 1 heterocycles. The molecule has 0 fully saturated rings. The fourth-order valence-corrected chi connectivity index (χ4v) is 2.80. The number of thiophene rings is 1. The summed E-state index contributed by atoms with van der Waals surface area (Å²) in [6.45, 7) is 2.85. The Bertz CT molecular complexity index is 485. The van der Waals surface area contributed by atoms with Gasteiger partial charge in [0.1, 0.15) is 9.88 Å². The number of nitrogens with one attached hydrogen (secondary N) is 2. The quantitative estimate of drug-likeness (QED) is 0.529. The number of hydrogen-bond acceptors (Lipinski definition) is 6. The molecule has 0 atom stereocenters. The van der Waals surface area contributed by atoms with E-state index in [1.54, 1.807) is 0 Å². The summed E-state index contributed by atoms with van der Waals surface area (Å²) in [7, 11) is 2.81. The van der Waals surface area contributed by atoms with Crippen molar-refractivity contribution in [3.05, 3.63) is 10.4 Å². The second kappa shape index (κ2) is 7.74. The van der Waals surface area contributed by atoms with Crippen molar-refractivity contribution >= 4 is 33.9 Å². The van der Waals surface area contributed by atoms with Crippen LogP contribution in [0.4, 0.5) is 10.7 Å². The van der Waals surface area contributed by atoms with Crippen LogP contribution in [0.25, 0.3) is 0 Å². The van der Waals surface area contributed by atoms with Gasteiger partial charge in [0.25, 0.3) is 5.91 Å². The molecule has 0 unspecified atom stereocenters. The van der Waals surface area contributed by atoms with Crippen LogP contribution in [-0.4, -0.2) is 32.6 Å². The summed E-state index contributed by atoms with van der Waals surface area (Å²) in [5.41, 5.74) is 6.38. The predicted molar refractivity (Wildman–Crippen MR) is 81.5 cm³/mol. The Kier molecular flexibility index (Phi) is 6.30. The lowest BCUT2D eigenvalue weighted by molar-refractivity contribution is 0.0607. The van der Waals surface area contributed by atoms with E-state index in [2.05, 4.69) is 22.3 Å². The average molecular weight is 299 g/mol. The maximum Gasteiger partial charge on any atom is 0.350 e. The molecule has 0 spiro atoms. The molecule has 1 amide bonds. The number of nitrogen functional groups attached to an aromatic ring is 1. The topological polar surface area (TPSA) is 93.4 Å². The molecule has 1 rings (SSSR count). The van der Waals surface area contributed by atoms with Crippen LogP contribution < -0.4 is 16.4 Å². The van der Waals surface area contributed by atoms with Crippen molar-refractivity contribution in [1.82, 2.24) is 5.32 Å². The Morgan fingerprint density at radius 1 is 1.35 bits per heavy atom. The standard InChI is InChI=1S/C13H21N3O3S/c1-4-5-6-7-16-12-8(11(17)15-2)9(14)10(20-12)13(18)19-3/h16H,4-7,14H2,1-3H3,(H,15,17). The molecule has 0 bridgehead atoms. The fourth-order valence-electron chi connectivity index (χ4n) is 1.74. The van der Waals surface area contributed by atoms with Gasteiger partial charge in [-0.3, -0.25) is 4.79 Å². The smallest absolute Gasteiger partial charge is 0.350 e. The highest BCUT2D eigenvalue weighted by Gasteiger charge is 2.25. The number of esters is 1. The summed E-state index contributed by atoms with van der Waals surface area (Å²) in [5.74, 6) is -0.842. The minimum atomic E-state index is -0.528. The van der Waals surface area contributed by atoms with Crippen molar-refractivity contribution in [1.29, 1.82) is 0 Å². The third-order valence-corrected chi connectivity index (χ3v) is 3.98. The van der Waals surface area contributed by atoms with Crippen molar-refractivity contribution in [3.8, 4) is 0 Å². The van der Waals surface area contributed by atoms with Crippen molar-refractivity contribution < 1.29 is 14.3 Å². The van der Waals surface area contributed by atoms with E-state index < -0.39 is 5.97 Å². The zero-order valence-electron chi connectivity index (χ0n) is 12.0. The highest BCUT2D eigenvalue weighted by Crippen LogP contribution is 2.36. The van der Waals surface area contributed by atoms with Crippen LogP contribution in [0.3, 0.4) is 0 Å². The average Bonchev–Trinajstić information content (AvgIpc) is 2.79. The molecule has 0 aliphatic carbocycles. The van der Waals surface area contributed by atoms with E-state index in [0.717, 1.165) is 37.1 Å². The van der Waals surface area contributed by atoms with Gasteiger partial charge in [0.05, 0.1) is 18.4 Å².